The average molecular weight is 175 g/mol. The van der Waals surface area contributed by atoms with Crippen molar-refractivity contribution in [3.8, 4) is 0 Å². The third-order valence-electron chi connectivity index (χ3n) is 2.54. The number of fused-ring (bicyclic) bond motifs is 1. The van der Waals surface area contributed by atoms with E-state index in [9.17, 15) is 4.79 Å². The van der Waals surface area contributed by atoms with Crippen molar-refractivity contribution in [1.29, 1.82) is 0 Å². The zero-order valence-corrected chi connectivity index (χ0v) is 7.79. The number of nitrogens with zero attached hydrogens (tertiary/aromatic N) is 1. The minimum Gasteiger partial charge on any atom is -0.371 e. The molecule has 0 bridgehead atoms. The summed E-state index contributed by atoms with van der Waals surface area (Å²) in [4.78, 5) is 13.8. The lowest BCUT2D eigenvalue weighted by atomic mass is 10.0. The number of hydrogen-bond acceptors (Lipinski definition) is 2. The molecule has 2 nitrogen and oxygen atoms in total. The van der Waals surface area contributed by atoms with E-state index in [1.54, 1.807) is 0 Å². The van der Waals surface area contributed by atoms with Crippen LogP contribution in [0.25, 0.3) is 0 Å². The molecule has 13 heavy (non-hydrogen) atoms. The molecule has 68 valence electrons. The fourth-order valence-corrected chi connectivity index (χ4v) is 1.81. The Kier molecular flexibility index (Phi) is 2.05. The van der Waals surface area contributed by atoms with Crippen LogP contribution in [0.2, 0.25) is 0 Å². The van der Waals surface area contributed by atoms with E-state index in [0.717, 1.165) is 24.3 Å². The van der Waals surface area contributed by atoms with Crippen LogP contribution >= 0.6 is 0 Å². The highest BCUT2D eigenvalue weighted by atomic mass is 16.1. The molecule has 0 atom stereocenters. The van der Waals surface area contributed by atoms with Crippen LogP contribution in [0.3, 0.4) is 0 Å². The minimum atomic E-state index is 0.278. The second-order valence-corrected chi connectivity index (χ2v) is 3.27. The summed E-state index contributed by atoms with van der Waals surface area (Å²) in [5, 5.41) is 0. The lowest BCUT2D eigenvalue weighted by molar-refractivity contribution is 0.0980. The number of ketones is 1. The molecule has 2 rings (SSSR count). The molecule has 1 aromatic carbocycles. The monoisotopic (exact) mass is 175 g/mol. The largest absolute Gasteiger partial charge is 0.371 e. The van der Waals surface area contributed by atoms with Gasteiger partial charge in [-0.05, 0) is 19.1 Å². The number of carbonyl (C=O) groups excluding carboxylic acids is 1. The predicted molar refractivity (Wildman–Crippen MR) is 53.3 cm³/mol. The zero-order chi connectivity index (χ0) is 9.26. The van der Waals surface area contributed by atoms with E-state index in [-0.39, 0.29) is 5.78 Å². The Hall–Kier alpha value is -1.31. The average Bonchev–Trinajstić information content (AvgIpc) is 2.19. The molecular formula is C11H13NO. The summed E-state index contributed by atoms with van der Waals surface area (Å²) in [6.07, 6.45) is 0.658. The number of hydrogen-bond donors (Lipinski definition) is 0. The first-order chi connectivity index (χ1) is 6.33. The Morgan fingerprint density at radius 3 is 2.92 bits per heavy atom. The van der Waals surface area contributed by atoms with Gasteiger partial charge in [-0.25, -0.2) is 0 Å². The Labute approximate surface area is 78.2 Å². The quantitative estimate of drug-likeness (QED) is 0.651. The van der Waals surface area contributed by atoms with Gasteiger partial charge in [-0.3, -0.25) is 4.79 Å². The highest BCUT2D eigenvalue weighted by molar-refractivity contribution is 6.03. The Morgan fingerprint density at radius 1 is 1.38 bits per heavy atom. The van der Waals surface area contributed by atoms with E-state index >= 15 is 0 Å². The molecule has 0 N–H and O–H groups in total. The number of anilines is 1. The molecule has 0 amide bonds. The zero-order valence-electron chi connectivity index (χ0n) is 7.79. The van der Waals surface area contributed by atoms with E-state index in [1.807, 2.05) is 24.3 Å². The van der Waals surface area contributed by atoms with Gasteiger partial charge in [0.25, 0.3) is 0 Å². The van der Waals surface area contributed by atoms with Crippen molar-refractivity contribution in [3.63, 3.8) is 0 Å². The molecule has 0 saturated heterocycles. The number of carbonyl (C=O) groups is 1. The van der Waals surface area contributed by atoms with Crippen LogP contribution < -0.4 is 4.90 Å². The van der Waals surface area contributed by atoms with Crippen molar-refractivity contribution >= 4 is 11.5 Å². The first-order valence-corrected chi connectivity index (χ1v) is 4.70. The molecule has 1 aliphatic heterocycles. The van der Waals surface area contributed by atoms with Crippen LogP contribution in [0.4, 0.5) is 5.69 Å². The molecule has 1 heterocycles. The third-order valence-corrected chi connectivity index (χ3v) is 2.54. The molecule has 0 unspecified atom stereocenters. The van der Waals surface area contributed by atoms with Crippen LogP contribution in [-0.4, -0.2) is 18.9 Å². The second-order valence-electron chi connectivity index (χ2n) is 3.27. The summed E-state index contributed by atoms with van der Waals surface area (Å²) in [6.45, 7) is 3.96. The van der Waals surface area contributed by atoms with E-state index in [2.05, 4.69) is 11.8 Å². The molecular weight excluding hydrogens is 162 g/mol. The summed E-state index contributed by atoms with van der Waals surface area (Å²) in [5.41, 5.74) is 1.98. The van der Waals surface area contributed by atoms with Crippen LogP contribution in [0.1, 0.15) is 23.7 Å². The Morgan fingerprint density at radius 2 is 2.15 bits per heavy atom. The van der Waals surface area contributed by atoms with Crippen molar-refractivity contribution < 1.29 is 4.79 Å². The normalized spacial score (nSPS) is 15.8. The molecule has 0 radical (unpaired) electrons. The Bertz CT molecular complexity index is 333. The van der Waals surface area contributed by atoms with Gasteiger partial charge in [0.2, 0.25) is 0 Å². The van der Waals surface area contributed by atoms with Gasteiger partial charge in [0.05, 0.1) is 0 Å². The molecule has 0 aromatic heterocycles. The smallest absolute Gasteiger partial charge is 0.166 e. The van der Waals surface area contributed by atoms with Crippen molar-refractivity contribution in [2.24, 2.45) is 0 Å². The predicted octanol–water partition coefficient (Wildman–Crippen LogP) is 2.10. The van der Waals surface area contributed by atoms with Gasteiger partial charge in [-0.15, -0.1) is 0 Å². The SMILES string of the molecule is CCN1CCC(=O)c2ccccc21. The lowest BCUT2D eigenvalue weighted by Crippen LogP contribution is -2.31. The third kappa shape index (κ3) is 1.32. The summed E-state index contributed by atoms with van der Waals surface area (Å²) in [5.74, 6) is 0.278. The first-order valence-electron chi connectivity index (χ1n) is 4.70. The van der Waals surface area contributed by atoms with Gasteiger partial charge < -0.3 is 4.90 Å². The maximum atomic E-state index is 11.5. The number of Topliss-reactive ketones (excluding diaryl/α,β-unsaturated/α-hetero) is 1. The highest BCUT2D eigenvalue weighted by Crippen LogP contribution is 2.25. The fourth-order valence-electron chi connectivity index (χ4n) is 1.81. The first kappa shape index (κ1) is 8.30. The second kappa shape index (κ2) is 3.21. The maximum Gasteiger partial charge on any atom is 0.166 e. The van der Waals surface area contributed by atoms with Crippen LogP contribution in [0.5, 0.6) is 0 Å². The van der Waals surface area contributed by atoms with Crippen LogP contribution in [0.15, 0.2) is 24.3 Å². The van der Waals surface area contributed by atoms with Crippen LogP contribution in [0, 0.1) is 0 Å². The number of rotatable bonds is 1. The van der Waals surface area contributed by atoms with E-state index in [1.165, 1.54) is 0 Å². The molecule has 0 spiro atoms. The van der Waals surface area contributed by atoms with E-state index < -0.39 is 0 Å². The molecule has 2 heteroatoms. The molecule has 0 saturated carbocycles. The van der Waals surface area contributed by atoms with Gasteiger partial charge in [-0.1, -0.05) is 12.1 Å². The highest BCUT2D eigenvalue weighted by Gasteiger charge is 2.20. The van der Waals surface area contributed by atoms with Gasteiger partial charge in [0, 0.05) is 30.8 Å². The van der Waals surface area contributed by atoms with Gasteiger partial charge in [-0.2, -0.15) is 0 Å². The molecule has 1 aromatic rings. The standard InChI is InChI=1S/C11H13NO/c1-2-12-8-7-11(13)9-5-3-4-6-10(9)12/h3-6H,2,7-8H2,1H3. The minimum absolute atomic E-state index is 0.278. The van der Waals surface area contributed by atoms with Gasteiger partial charge in [0.15, 0.2) is 5.78 Å². The Balaban J connectivity index is 2.47. The van der Waals surface area contributed by atoms with Crippen molar-refractivity contribution in [2.45, 2.75) is 13.3 Å². The number of para-hydroxylation sites is 1. The van der Waals surface area contributed by atoms with Gasteiger partial charge in [0.1, 0.15) is 0 Å². The van der Waals surface area contributed by atoms with Crippen molar-refractivity contribution in [3.05, 3.63) is 29.8 Å². The summed E-state index contributed by atoms with van der Waals surface area (Å²) < 4.78 is 0. The molecule has 0 aliphatic carbocycles. The van der Waals surface area contributed by atoms with E-state index in [0.29, 0.717) is 6.42 Å². The summed E-state index contributed by atoms with van der Waals surface area (Å²) in [7, 11) is 0. The van der Waals surface area contributed by atoms with Crippen molar-refractivity contribution in [2.75, 3.05) is 18.0 Å². The van der Waals surface area contributed by atoms with Gasteiger partial charge >= 0.3 is 0 Å². The lowest BCUT2D eigenvalue weighted by Gasteiger charge is -2.29. The van der Waals surface area contributed by atoms with Crippen LogP contribution in [-0.2, 0) is 0 Å². The number of benzene rings is 1. The molecule has 1 aliphatic rings. The van der Waals surface area contributed by atoms with Crippen molar-refractivity contribution in [1.82, 2.24) is 0 Å². The molecule has 0 fully saturated rings. The summed E-state index contributed by atoms with van der Waals surface area (Å²) in [6, 6.07) is 7.85. The summed E-state index contributed by atoms with van der Waals surface area (Å²) >= 11 is 0. The topological polar surface area (TPSA) is 20.3 Å². The maximum absolute atomic E-state index is 11.5. The van der Waals surface area contributed by atoms with E-state index in [4.69, 9.17) is 0 Å². The fraction of sp³-hybridized carbons (Fsp3) is 0.364.